The molecule has 1 amide bonds. The molecule has 2 aliphatic rings. The van der Waals surface area contributed by atoms with Crippen molar-refractivity contribution in [1.29, 1.82) is 0 Å². The molecule has 26 heavy (non-hydrogen) atoms. The van der Waals surface area contributed by atoms with Crippen LogP contribution in [0.4, 0.5) is 4.39 Å². The second-order valence-corrected chi connectivity index (χ2v) is 7.47. The molecule has 1 aliphatic carbocycles. The van der Waals surface area contributed by atoms with E-state index in [4.69, 9.17) is 0 Å². The molecule has 2 fully saturated rings. The molecule has 1 heterocycles. The fourth-order valence-corrected chi connectivity index (χ4v) is 4.09. The number of amides is 1. The number of hydrogen-bond donors (Lipinski definition) is 1. The van der Waals surface area contributed by atoms with E-state index in [2.05, 4.69) is 34.5 Å². The third kappa shape index (κ3) is 3.38. The maximum atomic E-state index is 13.2. The van der Waals surface area contributed by atoms with Gasteiger partial charge in [0.2, 0.25) is 5.91 Å². The number of carbonyl (C=O) groups is 1. The van der Waals surface area contributed by atoms with Crippen molar-refractivity contribution in [2.24, 2.45) is 0 Å². The molecule has 1 saturated carbocycles. The van der Waals surface area contributed by atoms with Crippen molar-refractivity contribution in [3.63, 3.8) is 0 Å². The monoisotopic (exact) mass is 352 g/mol. The van der Waals surface area contributed by atoms with Gasteiger partial charge >= 0.3 is 0 Å². The summed E-state index contributed by atoms with van der Waals surface area (Å²) in [6, 6.07) is 17.0. The summed E-state index contributed by atoms with van der Waals surface area (Å²) in [5.74, 6) is -0.188. The number of hydrogen-bond acceptors (Lipinski definition) is 2. The number of rotatable bonds is 6. The standard InChI is InChI=1S/C22H25FN2O/c23-19-10-8-18(9-11-19)22(12-13-22)21(26)24-16-20(25-14-4-5-15-25)17-6-2-1-3-7-17/h1-3,6-11,20H,4-5,12-16H2,(H,24,26)/t20-/m0/s1. The van der Waals surface area contributed by atoms with Crippen LogP contribution in [0.1, 0.15) is 42.9 Å². The summed E-state index contributed by atoms with van der Waals surface area (Å²) in [6.07, 6.45) is 4.11. The summed E-state index contributed by atoms with van der Waals surface area (Å²) >= 11 is 0. The Morgan fingerprint density at radius 1 is 1.04 bits per heavy atom. The van der Waals surface area contributed by atoms with Gasteiger partial charge in [-0.05, 0) is 62.0 Å². The van der Waals surface area contributed by atoms with Gasteiger partial charge in [0.25, 0.3) is 0 Å². The van der Waals surface area contributed by atoms with Gasteiger partial charge in [-0.15, -0.1) is 0 Å². The Morgan fingerprint density at radius 2 is 1.69 bits per heavy atom. The van der Waals surface area contributed by atoms with Crippen LogP contribution in [0.5, 0.6) is 0 Å². The first kappa shape index (κ1) is 17.2. The van der Waals surface area contributed by atoms with Gasteiger partial charge in [-0.1, -0.05) is 42.5 Å². The minimum atomic E-state index is -0.458. The highest BCUT2D eigenvalue weighted by atomic mass is 19.1. The van der Waals surface area contributed by atoms with E-state index >= 15 is 0 Å². The van der Waals surface area contributed by atoms with Gasteiger partial charge in [-0.2, -0.15) is 0 Å². The molecule has 1 aliphatic heterocycles. The van der Waals surface area contributed by atoms with Crippen LogP contribution in [0.25, 0.3) is 0 Å². The molecule has 1 atom stereocenters. The van der Waals surface area contributed by atoms with E-state index in [0.29, 0.717) is 6.54 Å². The van der Waals surface area contributed by atoms with Crippen LogP contribution in [-0.4, -0.2) is 30.4 Å². The maximum absolute atomic E-state index is 13.2. The van der Waals surface area contributed by atoms with Gasteiger partial charge in [0.05, 0.1) is 11.5 Å². The first-order valence-electron chi connectivity index (χ1n) is 9.52. The van der Waals surface area contributed by atoms with E-state index in [-0.39, 0.29) is 17.8 Å². The molecule has 2 aromatic rings. The second kappa shape index (κ2) is 7.20. The number of halogens is 1. The number of benzene rings is 2. The lowest BCUT2D eigenvalue weighted by Crippen LogP contribution is -2.41. The third-order valence-corrected chi connectivity index (χ3v) is 5.80. The molecule has 2 aromatic carbocycles. The fraction of sp³-hybridized carbons (Fsp3) is 0.409. The number of carbonyl (C=O) groups excluding carboxylic acids is 1. The second-order valence-electron chi connectivity index (χ2n) is 7.47. The molecule has 0 bridgehead atoms. The predicted molar refractivity (Wildman–Crippen MR) is 100 cm³/mol. The van der Waals surface area contributed by atoms with Gasteiger partial charge in [0, 0.05) is 6.54 Å². The Balaban J connectivity index is 1.47. The topological polar surface area (TPSA) is 32.3 Å². The van der Waals surface area contributed by atoms with Crippen molar-refractivity contribution in [3.8, 4) is 0 Å². The van der Waals surface area contributed by atoms with E-state index in [1.165, 1.54) is 30.5 Å². The predicted octanol–water partition coefficient (Wildman–Crippen LogP) is 3.81. The number of likely N-dealkylation sites (tertiary alicyclic amines) is 1. The first-order valence-corrected chi connectivity index (χ1v) is 9.52. The van der Waals surface area contributed by atoms with Crippen LogP contribution in [0.2, 0.25) is 0 Å². The van der Waals surface area contributed by atoms with Crippen molar-refractivity contribution < 1.29 is 9.18 Å². The highest BCUT2D eigenvalue weighted by Crippen LogP contribution is 2.48. The molecule has 0 aromatic heterocycles. The lowest BCUT2D eigenvalue weighted by atomic mass is 9.94. The zero-order valence-electron chi connectivity index (χ0n) is 15.0. The zero-order valence-corrected chi connectivity index (χ0v) is 15.0. The number of nitrogens with one attached hydrogen (secondary N) is 1. The van der Waals surface area contributed by atoms with Gasteiger partial charge in [-0.25, -0.2) is 4.39 Å². The highest BCUT2D eigenvalue weighted by molar-refractivity contribution is 5.91. The van der Waals surface area contributed by atoms with Gasteiger partial charge in [0.1, 0.15) is 5.82 Å². The SMILES string of the molecule is O=C(NC[C@@H](c1ccccc1)N1CCCC1)C1(c2ccc(F)cc2)CC1. The molecule has 4 rings (SSSR count). The van der Waals surface area contributed by atoms with Crippen LogP contribution in [0.3, 0.4) is 0 Å². The van der Waals surface area contributed by atoms with E-state index in [1.807, 2.05) is 6.07 Å². The summed E-state index contributed by atoms with van der Waals surface area (Å²) < 4.78 is 13.2. The third-order valence-electron chi connectivity index (χ3n) is 5.80. The fourth-order valence-electron chi connectivity index (χ4n) is 4.09. The quantitative estimate of drug-likeness (QED) is 0.857. The molecule has 0 unspecified atom stereocenters. The minimum absolute atomic E-state index is 0.0734. The minimum Gasteiger partial charge on any atom is -0.353 e. The Kier molecular flexibility index (Phi) is 4.77. The summed E-state index contributed by atoms with van der Waals surface area (Å²) in [7, 11) is 0. The lowest BCUT2D eigenvalue weighted by molar-refractivity contribution is -0.123. The van der Waals surface area contributed by atoms with Crippen molar-refractivity contribution in [2.45, 2.75) is 37.1 Å². The van der Waals surface area contributed by atoms with E-state index in [0.717, 1.165) is 31.5 Å². The maximum Gasteiger partial charge on any atom is 0.230 e. The van der Waals surface area contributed by atoms with Gasteiger partial charge < -0.3 is 5.32 Å². The molecule has 1 N–H and O–H groups in total. The van der Waals surface area contributed by atoms with Crippen LogP contribution in [-0.2, 0) is 10.2 Å². The summed E-state index contributed by atoms with van der Waals surface area (Å²) in [5, 5.41) is 3.20. The molecule has 0 spiro atoms. The summed E-state index contributed by atoms with van der Waals surface area (Å²) in [6.45, 7) is 2.78. The zero-order chi connectivity index (χ0) is 18.0. The van der Waals surface area contributed by atoms with Crippen LogP contribution in [0, 0.1) is 5.82 Å². The normalized spacial score (nSPS) is 19.9. The van der Waals surface area contributed by atoms with Crippen LogP contribution < -0.4 is 5.32 Å². The Bertz CT molecular complexity index is 749. The molecule has 4 heteroatoms. The van der Waals surface area contributed by atoms with E-state index < -0.39 is 5.41 Å². The highest BCUT2D eigenvalue weighted by Gasteiger charge is 2.51. The molecular weight excluding hydrogens is 327 g/mol. The van der Waals surface area contributed by atoms with Crippen molar-refractivity contribution in [3.05, 3.63) is 71.5 Å². The van der Waals surface area contributed by atoms with E-state index in [9.17, 15) is 9.18 Å². The van der Waals surface area contributed by atoms with Crippen molar-refractivity contribution in [1.82, 2.24) is 10.2 Å². The number of nitrogens with zero attached hydrogens (tertiary/aromatic N) is 1. The van der Waals surface area contributed by atoms with Crippen LogP contribution >= 0.6 is 0 Å². The van der Waals surface area contributed by atoms with Crippen molar-refractivity contribution in [2.75, 3.05) is 19.6 Å². The Morgan fingerprint density at radius 3 is 2.31 bits per heavy atom. The van der Waals surface area contributed by atoms with Gasteiger partial charge in [0.15, 0.2) is 0 Å². The summed E-state index contributed by atoms with van der Waals surface area (Å²) in [4.78, 5) is 15.4. The first-order chi connectivity index (χ1) is 12.7. The molecule has 3 nitrogen and oxygen atoms in total. The largest absolute Gasteiger partial charge is 0.353 e. The van der Waals surface area contributed by atoms with E-state index in [1.54, 1.807) is 12.1 Å². The summed E-state index contributed by atoms with van der Waals surface area (Å²) in [5.41, 5.74) is 1.72. The lowest BCUT2D eigenvalue weighted by Gasteiger charge is -2.29. The Hall–Kier alpha value is -2.20. The molecular formula is C22H25FN2O. The average Bonchev–Trinajstić information content (AvgIpc) is 3.31. The van der Waals surface area contributed by atoms with Crippen molar-refractivity contribution >= 4 is 5.91 Å². The Labute approximate surface area is 154 Å². The molecule has 1 saturated heterocycles. The van der Waals surface area contributed by atoms with Gasteiger partial charge in [-0.3, -0.25) is 9.69 Å². The molecule has 0 radical (unpaired) electrons. The smallest absolute Gasteiger partial charge is 0.230 e. The van der Waals surface area contributed by atoms with Crippen LogP contribution in [0.15, 0.2) is 54.6 Å². The molecule has 136 valence electrons. The average molecular weight is 352 g/mol.